The van der Waals surface area contributed by atoms with Crippen LogP contribution < -0.4 is 10.0 Å². The molecule has 7 heteroatoms. The number of carbonyl (C=O) groups is 1. The molecule has 0 saturated carbocycles. The smallest absolute Gasteiger partial charge is 0.251 e. The van der Waals surface area contributed by atoms with Crippen LogP contribution in [0.15, 0.2) is 53.4 Å². The summed E-state index contributed by atoms with van der Waals surface area (Å²) in [4.78, 5) is 14.9. The van der Waals surface area contributed by atoms with Gasteiger partial charge in [0.2, 0.25) is 10.0 Å². The van der Waals surface area contributed by atoms with Gasteiger partial charge in [-0.25, -0.2) is 8.42 Å². The predicted molar refractivity (Wildman–Crippen MR) is 113 cm³/mol. The van der Waals surface area contributed by atoms with Crippen molar-refractivity contribution in [2.45, 2.75) is 30.8 Å². The molecule has 0 fully saturated rings. The Bertz CT molecular complexity index is 1030. The lowest BCUT2D eigenvalue weighted by molar-refractivity contribution is 0.0932. The third kappa shape index (κ3) is 5.24. The number of nitrogens with one attached hydrogen (secondary N) is 2. The van der Waals surface area contributed by atoms with Gasteiger partial charge in [0.1, 0.15) is 0 Å². The molecule has 0 aromatic heterocycles. The van der Waals surface area contributed by atoms with Crippen molar-refractivity contribution in [2.75, 3.05) is 19.6 Å². The Morgan fingerprint density at radius 1 is 1.21 bits per heavy atom. The highest BCUT2D eigenvalue weighted by atomic mass is 32.2. The van der Waals surface area contributed by atoms with Gasteiger partial charge in [0, 0.05) is 31.2 Å². The minimum Gasteiger partial charge on any atom is -0.350 e. The van der Waals surface area contributed by atoms with Crippen LogP contribution in [0.5, 0.6) is 0 Å². The molecule has 0 bridgehead atoms. The largest absolute Gasteiger partial charge is 0.350 e. The monoisotopic (exact) mass is 411 g/mol. The summed E-state index contributed by atoms with van der Waals surface area (Å²) in [5.41, 5.74) is 3.01. The first-order valence-corrected chi connectivity index (χ1v) is 11.0. The molecule has 0 spiro atoms. The van der Waals surface area contributed by atoms with E-state index in [-0.39, 0.29) is 23.4 Å². The fourth-order valence-corrected chi connectivity index (χ4v) is 4.37. The maximum Gasteiger partial charge on any atom is 0.251 e. The Labute approximate surface area is 172 Å². The number of benzene rings is 2. The Hall–Kier alpha value is -2.66. The minimum absolute atomic E-state index is 0.0149. The zero-order valence-electron chi connectivity index (χ0n) is 16.4. The molecule has 1 aliphatic heterocycles. The van der Waals surface area contributed by atoms with Crippen LogP contribution in [0.3, 0.4) is 0 Å². The van der Waals surface area contributed by atoms with Crippen molar-refractivity contribution in [3.63, 3.8) is 0 Å². The number of carbonyl (C=O) groups excluding carboxylic acids is 1. The molecule has 2 N–H and O–H groups in total. The van der Waals surface area contributed by atoms with Crippen molar-refractivity contribution in [3.05, 3.63) is 65.2 Å². The second-order valence-electron chi connectivity index (χ2n) is 7.10. The quantitative estimate of drug-likeness (QED) is 0.681. The third-order valence-electron chi connectivity index (χ3n) is 5.11. The lowest BCUT2D eigenvalue weighted by Crippen LogP contribution is -2.44. The lowest BCUT2D eigenvalue weighted by atomic mass is 9.99. The molecule has 1 amide bonds. The van der Waals surface area contributed by atoms with Crippen molar-refractivity contribution < 1.29 is 13.2 Å². The van der Waals surface area contributed by atoms with E-state index in [0.717, 1.165) is 19.5 Å². The summed E-state index contributed by atoms with van der Waals surface area (Å²) in [6.07, 6.45) is 6.10. The van der Waals surface area contributed by atoms with E-state index in [1.807, 2.05) is 6.07 Å². The highest BCUT2D eigenvalue weighted by molar-refractivity contribution is 7.89. The second kappa shape index (κ2) is 9.23. The van der Waals surface area contributed by atoms with Gasteiger partial charge in [-0.1, -0.05) is 36.3 Å². The van der Waals surface area contributed by atoms with Crippen LogP contribution in [-0.4, -0.2) is 44.9 Å². The zero-order chi connectivity index (χ0) is 20.9. The molecule has 3 rings (SSSR count). The Morgan fingerprint density at radius 2 is 1.97 bits per heavy atom. The fraction of sp³-hybridized carbons (Fsp3) is 0.318. The molecule has 1 unspecified atom stereocenters. The SMILES string of the molecule is C#CCNS(=O)(=O)c1cccc(C(=O)NCC(C)N2CCc3ccccc3C2)c1. The summed E-state index contributed by atoms with van der Waals surface area (Å²) in [5.74, 6) is 1.92. The van der Waals surface area contributed by atoms with Crippen LogP contribution in [0.25, 0.3) is 0 Å². The molecule has 152 valence electrons. The molecule has 2 aromatic carbocycles. The number of terminal acetylenes is 1. The Kier molecular flexibility index (Phi) is 6.70. The van der Waals surface area contributed by atoms with E-state index in [9.17, 15) is 13.2 Å². The molecule has 2 aromatic rings. The summed E-state index contributed by atoms with van der Waals surface area (Å²) in [5, 5.41) is 2.91. The fourth-order valence-electron chi connectivity index (χ4n) is 3.39. The molecule has 0 saturated heterocycles. The summed E-state index contributed by atoms with van der Waals surface area (Å²) in [6.45, 7) is 4.27. The van der Waals surface area contributed by atoms with E-state index in [1.54, 1.807) is 12.1 Å². The third-order valence-corrected chi connectivity index (χ3v) is 6.51. The zero-order valence-corrected chi connectivity index (χ0v) is 17.2. The van der Waals surface area contributed by atoms with Gasteiger partial charge in [0.15, 0.2) is 0 Å². The second-order valence-corrected chi connectivity index (χ2v) is 8.87. The summed E-state index contributed by atoms with van der Waals surface area (Å²) >= 11 is 0. The average Bonchev–Trinajstić information content (AvgIpc) is 2.75. The maximum absolute atomic E-state index is 12.5. The molecule has 1 aliphatic rings. The van der Waals surface area contributed by atoms with Gasteiger partial charge in [-0.15, -0.1) is 6.42 Å². The van der Waals surface area contributed by atoms with Crippen LogP contribution in [0.4, 0.5) is 0 Å². The number of fused-ring (bicyclic) bond motifs is 1. The standard InChI is InChI=1S/C22H25N3O3S/c1-3-12-24-29(27,28)21-10-6-9-19(14-21)22(26)23-15-17(2)25-13-11-18-7-4-5-8-20(18)16-25/h1,4-10,14,17,24H,11-13,15-16H2,2H3,(H,23,26). The average molecular weight is 412 g/mol. The maximum atomic E-state index is 12.5. The van der Waals surface area contributed by atoms with Crippen molar-refractivity contribution in [1.82, 2.24) is 14.9 Å². The number of rotatable bonds is 7. The van der Waals surface area contributed by atoms with Gasteiger partial charge in [-0.3, -0.25) is 9.69 Å². The minimum atomic E-state index is -3.74. The van der Waals surface area contributed by atoms with E-state index >= 15 is 0 Å². The molecular formula is C22H25N3O3S. The first-order valence-electron chi connectivity index (χ1n) is 9.53. The highest BCUT2D eigenvalue weighted by Gasteiger charge is 2.21. The van der Waals surface area contributed by atoms with E-state index in [0.29, 0.717) is 12.1 Å². The first-order chi connectivity index (χ1) is 13.9. The van der Waals surface area contributed by atoms with E-state index < -0.39 is 10.0 Å². The summed E-state index contributed by atoms with van der Waals surface area (Å²) in [7, 11) is -3.74. The Balaban J connectivity index is 1.60. The van der Waals surface area contributed by atoms with Crippen LogP contribution in [-0.2, 0) is 23.0 Å². The van der Waals surface area contributed by atoms with Crippen molar-refractivity contribution in [3.8, 4) is 12.3 Å². The molecule has 0 radical (unpaired) electrons. The molecule has 1 heterocycles. The number of sulfonamides is 1. The van der Waals surface area contributed by atoms with Crippen LogP contribution in [0.2, 0.25) is 0 Å². The van der Waals surface area contributed by atoms with E-state index in [2.05, 4.69) is 46.0 Å². The van der Waals surface area contributed by atoms with Crippen molar-refractivity contribution in [2.24, 2.45) is 0 Å². The highest BCUT2D eigenvalue weighted by Crippen LogP contribution is 2.20. The first kappa shape index (κ1) is 21.1. The number of amides is 1. The summed E-state index contributed by atoms with van der Waals surface area (Å²) in [6, 6.07) is 14.5. The van der Waals surface area contributed by atoms with Crippen LogP contribution >= 0.6 is 0 Å². The van der Waals surface area contributed by atoms with Gasteiger partial charge >= 0.3 is 0 Å². The molecular weight excluding hydrogens is 386 g/mol. The molecule has 0 aliphatic carbocycles. The normalized spacial score (nSPS) is 15.2. The molecule has 29 heavy (non-hydrogen) atoms. The number of nitrogens with zero attached hydrogens (tertiary/aromatic N) is 1. The van der Waals surface area contributed by atoms with E-state index in [4.69, 9.17) is 6.42 Å². The topological polar surface area (TPSA) is 78.5 Å². The summed E-state index contributed by atoms with van der Waals surface area (Å²) < 4.78 is 26.7. The Morgan fingerprint density at radius 3 is 2.72 bits per heavy atom. The van der Waals surface area contributed by atoms with Gasteiger partial charge in [0.05, 0.1) is 11.4 Å². The van der Waals surface area contributed by atoms with Gasteiger partial charge in [0.25, 0.3) is 5.91 Å². The molecule has 6 nitrogen and oxygen atoms in total. The number of hydrogen-bond acceptors (Lipinski definition) is 4. The van der Waals surface area contributed by atoms with Crippen molar-refractivity contribution in [1.29, 1.82) is 0 Å². The van der Waals surface area contributed by atoms with Crippen LogP contribution in [0, 0.1) is 12.3 Å². The molecule has 1 atom stereocenters. The van der Waals surface area contributed by atoms with Crippen molar-refractivity contribution >= 4 is 15.9 Å². The van der Waals surface area contributed by atoms with Crippen LogP contribution in [0.1, 0.15) is 28.4 Å². The predicted octanol–water partition coefficient (Wildman–Crippen LogP) is 1.77. The van der Waals surface area contributed by atoms with E-state index in [1.165, 1.54) is 23.3 Å². The number of hydrogen-bond donors (Lipinski definition) is 2. The van der Waals surface area contributed by atoms with Gasteiger partial charge in [-0.2, -0.15) is 4.72 Å². The van der Waals surface area contributed by atoms with Gasteiger partial charge < -0.3 is 5.32 Å². The lowest BCUT2D eigenvalue weighted by Gasteiger charge is -2.33. The van der Waals surface area contributed by atoms with Gasteiger partial charge in [-0.05, 0) is 42.7 Å².